The SMILES string of the molecule is CC.FC(F)(F)C1CCC=C(Cl)C1c1cc[nH]c1. The van der Waals surface area contributed by atoms with E-state index in [9.17, 15) is 13.2 Å². The summed E-state index contributed by atoms with van der Waals surface area (Å²) in [5.74, 6) is -2.12. The molecular weight excluding hydrogens is 263 g/mol. The lowest BCUT2D eigenvalue weighted by molar-refractivity contribution is -0.180. The Morgan fingerprint density at radius 3 is 2.50 bits per heavy atom. The Bertz CT molecular complexity index is 381. The number of aromatic amines is 1. The molecule has 102 valence electrons. The first-order valence-corrected chi connectivity index (χ1v) is 6.43. The van der Waals surface area contributed by atoms with Crippen molar-refractivity contribution in [2.45, 2.75) is 38.8 Å². The number of hydrogen-bond donors (Lipinski definition) is 1. The molecule has 1 N–H and O–H groups in total. The van der Waals surface area contributed by atoms with E-state index in [-0.39, 0.29) is 6.42 Å². The second kappa shape index (κ2) is 6.32. The molecule has 1 heterocycles. The van der Waals surface area contributed by atoms with Gasteiger partial charge in [0.25, 0.3) is 0 Å². The molecule has 1 aromatic rings. The van der Waals surface area contributed by atoms with Gasteiger partial charge in [0.1, 0.15) is 0 Å². The lowest BCUT2D eigenvalue weighted by Crippen LogP contribution is -2.31. The fraction of sp³-hybridized carbons (Fsp3) is 0.538. The van der Waals surface area contributed by atoms with Gasteiger partial charge in [-0.05, 0) is 24.5 Å². The number of H-pyrrole nitrogens is 1. The van der Waals surface area contributed by atoms with Crippen molar-refractivity contribution in [3.8, 4) is 0 Å². The van der Waals surface area contributed by atoms with Gasteiger partial charge in [-0.3, -0.25) is 0 Å². The van der Waals surface area contributed by atoms with E-state index in [1.54, 1.807) is 24.5 Å². The van der Waals surface area contributed by atoms with Gasteiger partial charge in [-0.15, -0.1) is 0 Å². The second-order valence-corrected chi connectivity index (χ2v) is 4.37. The van der Waals surface area contributed by atoms with Crippen LogP contribution in [0.2, 0.25) is 0 Å². The molecule has 2 rings (SSSR count). The summed E-state index contributed by atoms with van der Waals surface area (Å²) in [5, 5.41) is 0.299. The minimum Gasteiger partial charge on any atom is -0.367 e. The van der Waals surface area contributed by atoms with E-state index in [1.807, 2.05) is 13.8 Å². The smallest absolute Gasteiger partial charge is 0.367 e. The largest absolute Gasteiger partial charge is 0.392 e. The van der Waals surface area contributed by atoms with Gasteiger partial charge >= 0.3 is 6.18 Å². The number of aromatic nitrogens is 1. The summed E-state index contributed by atoms with van der Waals surface area (Å²) >= 11 is 5.92. The zero-order valence-electron chi connectivity index (χ0n) is 10.4. The van der Waals surface area contributed by atoms with Crippen molar-refractivity contribution < 1.29 is 13.2 Å². The van der Waals surface area contributed by atoms with E-state index in [4.69, 9.17) is 11.6 Å². The summed E-state index contributed by atoms with van der Waals surface area (Å²) in [6.45, 7) is 4.00. The minimum atomic E-state index is -4.20. The Morgan fingerprint density at radius 1 is 1.33 bits per heavy atom. The number of nitrogens with one attached hydrogen (secondary N) is 1. The van der Waals surface area contributed by atoms with Crippen LogP contribution in [0.15, 0.2) is 29.6 Å². The summed E-state index contributed by atoms with van der Waals surface area (Å²) in [5.41, 5.74) is 0.600. The van der Waals surface area contributed by atoms with E-state index in [2.05, 4.69) is 4.98 Å². The molecule has 0 aromatic carbocycles. The molecule has 0 saturated heterocycles. The maximum atomic E-state index is 12.9. The van der Waals surface area contributed by atoms with Gasteiger partial charge in [0.2, 0.25) is 0 Å². The fourth-order valence-corrected chi connectivity index (χ4v) is 2.55. The van der Waals surface area contributed by atoms with Crippen molar-refractivity contribution in [3.63, 3.8) is 0 Å². The monoisotopic (exact) mass is 279 g/mol. The Labute approximate surface area is 110 Å². The molecule has 2 unspecified atom stereocenters. The van der Waals surface area contributed by atoms with Crippen molar-refractivity contribution in [1.82, 2.24) is 4.98 Å². The predicted octanol–water partition coefficient (Wildman–Crippen LogP) is 5.22. The van der Waals surface area contributed by atoms with Gasteiger partial charge in [-0.1, -0.05) is 31.5 Å². The molecule has 1 aliphatic rings. The van der Waals surface area contributed by atoms with Crippen LogP contribution in [0.1, 0.15) is 38.2 Å². The highest BCUT2D eigenvalue weighted by molar-refractivity contribution is 6.30. The highest BCUT2D eigenvalue weighted by Crippen LogP contribution is 2.47. The molecule has 0 radical (unpaired) electrons. The first-order valence-electron chi connectivity index (χ1n) is 6.05. The fourth-order valence-electron chi connectivity index (χ4n) is 2.16. The van der Waals surface area contributed by atoms with Crippen molar-refractivity contribution in [2.24, 2.45) is 5.92 Å². The quantitative estimate of drug-likeness (QED) is 0.725. The highest BCUT2D eigenvalue weighted by Gasteiger charge is 2.46. The highest BCUT2D eigenvalue weighted by atomic mass is 35.5. The predicted molar refractivity (Wildman–Crippen MR) is 67.6 cm³/mol. The van der Waals surface area contributed by atoms with Crippen LogP contribution in [0.5, 0.6) is 0 Å². The van der Waals surface area contributed by atoms with Crippen molar-refractivity contribution >= 4 is 11.6 Å². The Morgan fingerprint density at radius 2 is 2.00 bits per heavy atom. The van der Waals surface area contributed by atoms with Crippen LogP contribution in [-0.2, 0) is 0 Å². The lowest BCUT2D eigenvalue weighted by atomic mass is 9.80. The summed E-state index contributed by atoms with van der Waals surface area (Å²) in [7, 11) is 0. The molecule has 0 spiro atoms. The molecular formula is C13H17ClF3N. The van der Waals surface area contributed by atoms with Crippen molar-refractivity contribution in [3.05, 3.63) is 35.1 Å². The standard InChI is InChI=1S/C11H11ClF3N.C2H6/c12-9-3-1-2-8(11(13,14)15)10(9)7-4-5-16-6-7;1-2/h3-6,8,10,16H,1-2H2;1-2H3. The molecule has 5 heteroatoms. The molecule has 1 aromatic heterocycles. The molecule has 2 atom stereocenters. The average Bonchev–Trinajstić information content (AvgIpc) is 2.83. The van der Waals surface area contributed by atoms with Crippen LogP contribution < -0.4 is 0 Å². The molecule has 0 bridgehead atoms. The summed E-state index contributed by atoms with van der Waals surface area (Å²) < 4.78 is 38.6. The molecule has 0 saturated carbocycles. The van der Waals surface area contributed by atoms with E-state index >= 15 is 0 Å². The van der Waals surface area contributed by atoms with Gasteiger partial charge in [-0.25, -0.2) is 0 Å². The van der Waals surface area contributed by atoms with Gasteiger partial charge in [-0.2, -0.15) is 13.2 Å². The molecule has 0 fully saturated rings. The zero-order chi connectivity index (χ0) is 13.8. The number of allylic oxidation sites excluding steroid dienone is 2. The lowest BCUT2D eigenvalue weighted by Gasteiger charge is -2.31. The molecule has 0 aliphatic heterocycles. The van der Waals surface area contributed by atoms with Crippen LogP contribution >= 0.6 is 11.6 Å². The topological polar surface area (TPSA) is 15.8 Å². The zero-order valence-corrected chi connectivity index (χ0v) is 11.1. The number of rotatable bonds is 1. The maximum Gasteiger partial charge on any atom is 0.392 e. The van der Waals surface area contributed by atoms with Crippen LogP contribution in [0.25, 0.3) is 0 Å². The van der Waals surface area contributed by atoms with Crippen LogP contribution in [-0.4, -0.2) is 11.2 Å². The normalized spacial score (nSPS) is 24.0. The van der Waals surface area contributed by atoms with E-state index < -0.39 is 18.0 Å². The summed E-state index contributed by atoms with van der Waals surface area (Å²) in [6.07, 6.45) is 1.17. The van der Waals surface area contributed by atoms with Crippen LogP contribution in [0.4, 0.5) is 13.2 Å². The number of hydrogen-bond acceptors (Lipinski definition) is 0. The third-order valence-corrected chi connectivity index (χ3v) is 3.31. The number of halogens is 4. The maximum absolute atomic E-state index is 12.9. The minimum absolute atomic E-state index is 0.107. The molecule has 1 nitrogen and oxygen atoms in total. The third-order valence-electron chi connectivity index (χ3n) is 2.92. The van der Waals surface area contributed by atoms with E-state index in [0.29, 0.717) is 17.0 Å². The molecule has 18 heavy (non-hydrogen) atoms. The Hall–Kier alpha value is -0.900. The molecule has 1 aliphatic carbocycles. The summed E-state index contributed by atoms with van der Waals surface area (Å²) in [4.78, 5) is 2.77. The average molecular weight is 280 g/mol. The van der Waals surface area contributed by atoms with Crippen molar-refractivity contribution in [2.75, 3.05) is 0 Å². The van der Waals surface area contributed by atoms with E-state index in [1.165, 1.54) is 0 Å². The van der Waals surface area contributed by atoms with Crippen molar-refractivity contribution in [1.29, 1.82) is 0 Å². The van der Waals surface area contributed by atoms with E-state index in [0.717, 1.165) is 0 Å². The Balaban J connectivity index is 0.000000771. The third kappa shape index (κ3) is 3.31. The van der Waals surface area contributed by atoms with Crippen LogP contribution in [0, 0.1) is 5.92 Å². The first-order chi connectivity index (χ1) is 8.50. The molecule has 0 amide bonds. The van der Waals surface area contributed by atoms with Gasteiger partial charge in [0.05, 0.1) is 5.92 Å². The first kappa shape index (κ1) is 15.2. The number of alkyl halides is 3. The van der Waals surface area contributed by atoms with Gasteiger partial charge in [0, 0.05) is 23.3 Å². The summed E-state index contributed by atoms with van der Waals surface area (Å²) in [6, 6.07) is 1.64. The van der Waals surface area contributed by atoms with Gasteiger partial charge < -0.3 is 4.98 Å². The second-order valence-electron chi connectivity index (χ2n) is 3.94. The Kier molecular flexibility index (Phi) is 5.32. The van der Waals surface area contributed by atoms with Gasteiger partial charge in [0.15, 0.2) is 0 Å². The van der Waals surface area contributed by atoms with Crippen LogP contribution in [0.3, 0.4) is 0 Å².